The first-order valence-corrected chi connectivity index (χ1v) is 18.2. The Morgan fingerprint density at radius 2 is 1.81 bits per heavy atom. The topological polar surface area (TPSA) is 170 Å². The highest BCUT2D eigenvalue weighted by Crippen LogP contribution is 2.41. The number of amides is 2. The van der Waals surface area contributed by atoms with Crippen LogP contribution in [0.15, 0.2) is 71.8 Å². The number of carbonyl (C=O) groups is 3. The first kappa shape index (κ1) is 39.6. The van der Waals surface area contributed by atoms with Crippen molar-refractivity contribution in [3.05, 3.63) is 83.8 Å². The Labute approximate surface area is 307 Å². The Morgan fingerprint density at radius 3 is 2.48 bits per heavy atom. The fraction of sp³-hybridized carbons (Fsp3) is 0.333. The highest BCUT2D eigenvalue weighted by atomic mass is 32.2. The minimum atomic E-state index is -5.50. The summed E-state index contributed by atoms with van der Waals surface area (Å²) in [6.45, 7) is 4.87. The third-order valence-corrected chi connectivity index (χ3v) is 11.0. The number of halogens is 4. The Kier molecular flexibility index (Phi) is 11.5. The number of nitrogens with one attached hydrogen (secondary N) is 1. The van der Waals surface area contributed by atoms with Crippen molar-refractivity contribution in [3.63, 3.8) is 0 Å². The molecule has 0 radical (unpaired) electrons. The summed E-state index contributed by atoms with van der Waals surface area (Å²) in [7, 11) is -3.31. The van der Waals surface area contributed by atoms with Crippen molar-refractivity contribution in [1.82, 2.24) is 9.88 Å². The molecule has 54 heavy (non-hydrogen) atoms. The SMILES string of the molecule is CCOc1ccc(F)c([C@H](Nc2ccc3c(N)nccc3c2)C(=O)N2CCC[C@@H]2c2cc(N(OC(=O)C(F)(F)F)C(=O)OC)ccc2S(=O)(=O)C(C)C)c1. The molecule has 0 bridgehead atoms. The number of fused-ring (bicyclic) bond motifs is 1. The van der Waals surface area contributed by atoms with Gasteiger partial charge in [0, 0.05) is 29.4 Å². The summed E-state index contributed by atoms with van der Waals surface area (Å²) >= 11 is 0. The van der Waals surface area contributed by atoms with E-state index in [1.807, 2.05) is 0 Å². The van der Waals surface area contributed by atoms with E-state index in [9.17, 15) is 36.0 Å². The van der Waals surface area contributed by atoms with Crippen molar-refractivity contribution in [2.45, 2.75) is 62.0 Å². The Morgan fingerprint density at radius 1 is 1.07 bits per heavy atom. The number of likely N-dealkylation sites (tertiary alicyclic amines) is 1. The van der Waals surface area contributed by atoms with Crippen molar-refractivity contribution in [1.29, 1.82) is 0 Å². The number of nitrogen functional groups attached to an aromatic ring is 1. The molecule has 4 aromatic rings. The minimum Gasteiger partial charge on any atom is -0.494 e. The second kappa shape index (κ2) is 15.8. The lowest BCUT2D eigenvalue weighted by Crippen LogP contribution is -2.39. The third kappa shape index (κ3) is 8.12. The number of benzene rings is 3. The number of carbonyl (C=O) groups excluding carboxylic acids is 3. The summed E-state index contributed by atoms with van der Waals surface area (Å²) < 4.78 is 92.9. The summed E-state index contributed by atoms with van der Waals surface area (Å²) in [5.41, 5.74) is 5.75. The molecule has 0 unspecified atom stereocenters. The quantitative estimate of drug-likeness (QED) is 0.131. The molecule has 1 aliphatic heterocycles. The van der Waals surface area contributed by atoms with E-state index in [-0.39, 0.29) is 52.2 Å². The molecule has 2 amide bonds. The monoisotopic (exact) mass is 775 g/mol. The number of ether oxygens (including phenoxy) is 2. The normalized spacial score (nSPS) is 15.2. The van der Waals surface area contributed by atoms with Crippen LogP contribution in [0.3, 0.4) is 0 Å². The molecular weight excluding hydrogens is 738 g/mol. The molecule has 1 fully saturated rings. The number of anilines is 3. The van der Waals surface area contributed by atoms with Gasteiger partial charge in [0.15, 0.2) is 9.84 Å². The fourth-order valence-corrected chi connectivity index (χ4v) is 7.39. The van der Waals surface area contributed by atoms with Crippen LogP contribution in [0, 0.1) is 5.82 Å². The van der Waals surface area contributed by atoms with Gasteiger partial charge in [-0.3, -0.25) is 4.79 Å². The number of nitrogens with two attached hydrogens (primary N) is 1. The zero-order valence-corrected chi connectivity index (χ0v) is 30.3. The van der Waals surface area contributed by atoms with Crippen molar-refractivity contribution in [2.24, 2.45) is 0 Å². The molecule has 2 atom stereocenters. The molecule has 288 valence electrons. The van der Waals surface area contributed by atoms with Crippen LogP contribution in [-0.2, 0) is 29.0 Å². The molecule has 1 aromatic heterocycles. The van der Waals surface area contributed by atoms with Crippen LogP contribution in [0.1, 0.15) is 56.8 Å². The fourth-order valence-electron chi connectivity index (χ4n) is 6.10. The maximum absolute atomic E-state index is 15.7. The minimum absolute atomic E-state index is 0.0591. The maximum atomic E-state index is 15.7. The van der Waals surface area contributed by atoms with Crippen LogP contribution in [0.4, 0.5) is 39.5 Å². The predicted octanol–water partition coefficient (Wildman–Crippen LogP) is 6.65. The van der Waals surface area contributed by atoms with Gasteiger partial charge in [0.05, 0.1) is 35.6 Å². The van der Waals surface area contributed by atoms with Gasteiger partial charge in [-0.2, -0.15) is 13.2 Å². The van der Waals surface area contributed by atoms with Gasteiger partial charge >= 0.3 is 18.2 Å². The van der Waals surface area contributed by atoms with Gasteiger partial charge < -0.3 is 30.3 Å². The summed E-state index contributed by atoms with van der Waals surface area (Å²) in [5, 5.41) is 3.37. The highest BCUT2D eigenvalue weighted by molar-refractivity contribution is 7.92. The standard InChI is InChI=1S/C36H37F4N5O8S/c1-5-52-24-10-12-28(37)26(19-24)31(43-22-8-11-25-21(17-22)14-15-42-32(25)41)33(46)44-16-6-7-29(44)27-18-23(9-13-30(27)54(49,50)20(2)3)45(35(48)51-4)53-34(47)36(38,39)40/h8-15,17-20,29,31,43H,5-7,16H2,1-4H3,(H2,41,42)/t29-,31+/m1/s1. The molecule has 0 aliphatic carbocycles. The summed E-state index contributed by atoms with van der Waals surface area (Å²) in [4.78, 5) is 48.7. The van der Waals surface area contributed by atoms with Crippen LogP contribution >= 0.6 is 0 Å². The number of aromatic nitrogens is 1. The molecule has 3 aromatic carbocycles. The Balaban J connectivity index is 1.64. The molecule has 3 N–H and O–H groups in total. The molecule has 1 saturated heterocycles. The van der Waals surface area contributed by atoms with Gasteiger partial charge in [-0.15, -0.1) is 5.06 Å². The number of rotatable bonds is 10. The summed E-state index contributed by atoms with van der Waals surface area (Å²) in [5.74, 6) is -3.64. The maximum Gasteiger partial charge on any atom is 0.493 e. The van der Waals surface area contributed by atoms with Crippen molar-refractivity contribution >= 4 is 55.8 Å². The largest absolute Gasteiger partial charge is 0.494 e. The number of alkyl halides is 3. The van der Waals surface area contributed by atoms with E-state index < -0.39 is 62.8 Å². The van der Waals surface area contributed by atoms with Gasteiger partial charge in [-0.05, 0) is 105 Å². The summed E-state index contributed by atoms with van der Waals surface area (Å²) in [6, 6.07) is 11.2. The third-order valence-electron chi connectivity index (χ3n) is 8.74. The van der Waals surface area contributed by atoms with Crippen LogP contribution in [0.2, 0.25) is 0 Å². The first-order chi connectivity index (χ1) is 25.5. The second-order valence-corrected chi connectivity index (χ2v) is 14.9. The Bertz CT molecular complexity index is 2180. The van der Waals surface area contributed by atoms with Crippen molar-refractivity contribution in [2.75, 3.05) is 36.4 Å². The van der Waals surface area contributed by atoms with Crippen LogP contribution in [-0.4, -0.2) is 68.0 Å². The van der Waals surface area contributed by atoms with Crippen LogP contribution < -0.4 is 20.9 Å². The Hall–Kier alpha value is -5.65. The second-order valence-electron chi connectivity index (χ2n) is 12.5. The average Bonchev–Trinajstić information content (AvgIpc) is 3.62. The number of pyridine rings is 1. The number of hydrogen-bond acceptors (Lipinski definition) is 11. The van der Waals surface area contributed by atoms with Gasteiger partial charge in [0.1, 0.15) is 23.4 Å². The predicted molar refractivity (Wildman–Crippen MR) is 190 cm³/mol. The average molecular weight is 776 g/mol. The zero-order valence-electron chi connectivity index (χ0n) is 29.5. The number of methoxy groups -OCH3 is 1. The summed E-state index contributed by atoms with van der Waals surface area (Å²) in [6.07, 6.45) is -5.03. The van der Waals surface area contributed by atoms with E-state index in [2.05, 4.69) is 19.9 Å². The number of hydrogen-bond donors (Lipinski definition) is 2. The van der Waals surface area contributed by atoms with Crippen molar-refractivity contribution < 1.29 is 54.7 Å². The van der Waals surface area contributed by atoms with Crippen LogP contribution in [0.25, 0.3) is 10.8 Å². The van der Waals surface area contributed by atoms with E-state index in [1.165, 1.54) is 37.1 Å². The lowest BCUT2D eigenvalue weighted by Gasteiger charge is -2.32. The van der Waals surface area contributed by atoms with Gasteiger partial charge in [-0.25, -0.2) is 27.4 Å². The van der Waals surface area contributed by atoms with E-state index in [0.29, 0.717) is 22.9 Å². The molecule has 0 spiro atoms. The highest BCUT2D eigenvalue weighted by Gasteiger charge is 2.45. The van der Waals surface area contributed by atoms with Gasteiger partial charge in [-0.1, -0.05) is 0 Å². The van der Waals surface area contributed by atoms with Gasteiger partial charge in [0.2, 0.25) is 5.91 Å². The van der Waals surface area contributed by atoms with Gasteiger partial charge in [0.25, 0.3) is 0 Å². The zero-order chi connectivity index (χ0) is 39.5. The first-order valence-electron chi connectivity index (χ1n) is 16.7. The molecule has 1 aliphatic rings. The van der Waals surface area contributed by atoms with E-state index in [0.717, 1.165) is 31.4 Å². The number of hydroxylamine groups is 1. The lowest BCUT2D eigenvalue weighted by atomic mass is 10.00. The number of sulfone groups is 1. The molecule has 13 nitrogen and oxygen atoms in total. The molecule has 18 heteroatoms. The van der Waals surface area contributed by atoms with Crippen LogP contribution in [0.5, 0.6) is 5.75 Å². The molecule has 5 rings (SSSR count). The molecular formula is C36H37F4N5O8S. The van der Waals surface area contributed by atoms with E-state index in [1.54, 1.807) is 31.2 Å². The van der Waals surface area contributed by atoms with Crippen molar-refractivity contribution in [3.8, 4) is 5.75 Å². The smallest absolute Gasteiger partial charge is 0.493 e. The lowest BCUT2D eigenvalue weighted by molar-refractivity contribution is -0.200. The number of nitrogens with zero attached hydrogens (tertiary/aromatic N) is 3. The van der Waals surface area contributed by atoms with E-state index in [4.69, 9.17) is 10.5 Å². The van der Waals surface area contributed by atoms with E-state index >= 15 is 4.39 Å². The molecule has 0 saturated carbocycles. The molecule has 2 heterocycles.